The Morgan fingerprint density at radius 2 is 1.88 bits per heavy atom. The first kappa shape index (κ1) is 18.4. The van der Waals surface area contributed by atoms with Crippen molar-refractivity contribution >= 4 is 23.4 Å². The highest BCUT2D eigenvalue weighted by Crippen LogP contribution is 2.32. The number of hydrogen-bond acceptors (Lipinski definition) is 7. The Morgan fingerprint density at radius 3 is 2.65 bits per heavy atom. The van der Waals surface area contributed by atoms with Crippen LogP contribution in [0.25, 0.3) is 11.5 Å². The quantitative estimate of drug-likeness (QED) is 0.410. The molecule has 0 spiro atoms. The number of benzene rings is 2. The molecule has 26 heavy (non-hydrogen) atoms. The summed E-state index contributed by atoms with van der Waals surface area (Å²) in [5.41, 5.74) is 0.761. The SMILES string of the molecule is COc1ccc(-c2nnc(SCCOc3cccc(Cl)c3)o2)cc1OC. The van der Waals surface area contributed by atoms with E-state index in [1.54, 1.807) is 38.5 Å². The molecule has 6 nitrogen and oxygen atoms in total. The first-order chi connectivity index (χ1) is 12.7. The molecule has 0 N–H and O–H groups in total. The van der Waals surface area contributed by atoms with Crippen LogP contribution in [-0.2, 0) is 0 Å². The van der Waals surface area contributed by atoms with Crippen LogP contribution in [0, 0.1) is 0 Å². The Morgan fingerprint density at radius 1 is 1.04 bits per heavy atom. The molecule has 0 radical (unpaired) electrons. The van der Waals surface area contributed by atoms with Gasteiger partial charge in [0, 0.05) is 16.3 Å². The predicted octanol–water partition coefficient (Wildman–Crippen LogP) is 4.58. The van der Waals surface area contributed by atoms with Gasteiger partial charge in [0.1, 0.15) is 5.75 Å². The van der Waals surface area contributed by atoms with Gasteiger partial charge in [-0.15, -0.1) is 10.2 Å². The van der Waals surface area contributed by atoms with Crippen LogP contribution < -0.4 is 14.2 Å². The van der Waals surface area contributed by atoms with Gasteiger partial charge in [0.05, 0.1) is 20.8 Å². The van der Waals surface area contributed by atoms with Crippen molar-refractivity contribution in [3.8, 4) is 28.7 Å². The van der Waals surface area contributed by atoms with Crippen LogP contribution in [0.2, 0.25) is 5.02 Å². The van der Waals surface area contributed by atoms with Crippen molar-refractivity contribution in [1.29, 1.82) is 0 Å². The van der Waals surface area contributed by atoms with E-state index in [0.29, 0.717) is 40.0 Å². The molecule has 2 aromatic carbocycles. The van der Waals surface area contributed by atoms with E-state index in [2.05, 4.69) is 10.2 Å². The van der Waals surface area contributed by atoms with Crippen molar-refractivity contribution in [2.24, 2.45) is 0 Å². The van der Waals surface area contributed by atoms with Gasteiger partial charge < -0.3 is 18.6 Å². The van der Waals surface area contributed by atoms with Crippen LogP contribution in [0.15, 0.2) is 52.1 Å². The molecule has 0 amide bonds. The number of thioether (sulfide) groups is 1. The minimum atomic E-state index is 0.421. The van der Waals surface area contributed by atoms with Crippen molar-refractivity contribution in [2.45, 2.75) is 5.22 Å². The third-order valence-electron chi connectivity index (χ3n) is 3.41. The molecule has 8 heteroatoms. The molecule has 0 saturated carbocycles. The minimum Gasteiger partial charge on any atom is -0.493 e. The van der Waals surface area contributed by atoms with Gasteiger partial charge in [0.2, 0.25) is 5.89 Å². The Balaban J connectivity index is 1.56. The Bertz CT molecular complexity index is 872. The zero-order valence-corrected chi connectivity index (χ0v) is 15.8. The highest BCUT2D eigenvalue weighted by molar-refractivity contribution is 7.99. The molecule has 0 saturated heterocycles. The van der Waals surface area contributed by atoms with Crippen molar-refractivity contribution in [3.63, 3.8) is 0 Å². The standard InChI is InChI=1S/C18H17ClN2O4S/c1-22-15-7-6-12(10-16(15)23-2)17-20-21-18(25-17)26-9-8-24-14-5-3-4-13(19)11-14/h3-7,10-11H,8-9H2,1-2H3. The number of ether oxygens (including phenoxy) is 3. The molecule has 0 aliphatic rings. The Hall–Kier alpha value is -2.38. The van der Waals surface area contributed by atoms with E-state index in [-0.39, 0.29) is 0 Å². The number of aromatic nitrogens is 2. The lowest BCUT2D eigenvalue weighted by atomic mass is 10.2. The van der Waals surface area contributed by atoms with Crippen molar-refractivity contribution in [1.82, 2.24) is 10.2 Å². The summed E-state index contributed by atoms with van der Waals surface area (Å²) < 4.78 is 21.8. The number of hydrogen-bond donors (Lipinski definition) is 0. The summed E-state index contributed by atoms with van der Waals surface area (Å²) in [4.78, 5) is 0. The maximum Gasteiger partial charge on any atom is 0.276 e. The molecule has 0 aliphatic heterocycles. The summed E-state index contributed by atoms with van der Waals surface area (Å²) in [6.07, 6.45) is 0. The van der Waals surface area contributed by atoms with Gasteiger partial charge in [-0.05, 0) is 36.4 Å². The van der Waals surface area contributed by atoms with E-state index >= 15 is 0 Å². The maximum absolute atomic E-state index is 5.92. The molecular formula is C18H17ClN2O4S. The topological polar surface area (TPSA) is 66.6 Å². The predicted molar refractivity (Wildman–Crippen MR) is 101 cm³/mol. The first-order valence-electron chi connectivity index (χ1n) is 7.76. The van der Waals surface area contributed by atoms with Gasteiger partial charge in [-0.3, -0.25) is 0 Å². The van der Waals surface area contributed by atoms with E-state index in [9.17, 15) is 0 Å². The normalized spacial score (nSPS) is 10.6. The minimum absolute atomic E-state index is 0.421. The largest absolute Gasteiger partial charge is 0.493 e. The average Bonchev–Trinajstić information content (AvgIpc) is 3.13. The van der Waals surface area contributed by atoms with Crippen LogP contribution in [0.4, 0.5) is 0 Å². The van der Waals surface area contributed by atoms with Gasteiger partial charge in [-0.1, -0.05) is 29.4 Å². The lowest BCUT2D eigenvalue weighted by Gasteiger charge is -2.07. The summed E-state index contributed by atoms with van der Waals surface area (Å²) in [5, 5.41) is 9.24. The van der Waals surface area contributed by atoms with Crippen molar-refractivity contribution in [3.05, 3.63) is 47.5 Å². The van der Waals surface area contributed by atoms with Crippen molar-refractivity contribution in [2.75, 3.05) is 26.6 Å². The maximum atomic E-state index is 5.92. The highest BCUT2D eigenvalue weighted by atomic mass is 35.5. The fourth-order valence-electron chi connectivity index (χ4n) is 2.20. The van der Waals surface area contributed by atoms with Gasteiger partial charge in [-0.25, -0.2) is 0 Å². The van der Waals surface area contributed by atoms with Crippen molar-refractivity contribution < 1.29 is 18.6 Å². The highest BCUT2D eigenvalue weighted by Gasteiger charge is 2.12. The second kappa shape index (κ2) is 8.82. The second-order valence-electron chi connectivity index (χ2n) is 5.10. The molecule has 0 fully saturated rings. The molecular weight excluding hydrogens is 376 g/mol. The summed E-state index contributed by atoms with van der Waals surface area (Å²) >= 11 is 7.34. The molecule has 1 aromatic heterocycles. The smallest absolute Gasteiger partial charge is 0.276 e. The zero-order chi connectivity index (χ0) is 18.4. The average molecular weight is 393 g/mol. The van der Waals surface area contributed by atoms with Crippen LogP contribution in [0.1, 0.15) is 0 Å². The molecule has 0 unspecified atom stereocenters. The van der Waals surface area contributed by atoms with Gasteiger partial charge >= 0.3 is 0 Å². The van der Waals surface area contributed by atoms with E-state index < -0.39 is 0 Å². The van der Waals surface area contributed by atoms with E-state index in [0.717, 1.165) is 11.3 Å². The van der Waals surface area contributed by atoms with Gasteiger partial charge in [0.25, 0.3) is 5.22 Å². The van der Waals surface area contributed by atoms with Crippen LogP contribution in [0.5, 0.6) is 17.2 Å². The number of rotatable bonds is 8. The van der Waals surface area contributed by atoms with Crippen LogP contribution in [0.3, 0.4) is 0 Å². The van der Waals surface area contributed by atoms with Crippen LogP contribution in [-0.4, -0.2) is 36.8 Å². The third-order valence-corrected chi connectivity index (χ3v) is 4.43. The fourth-order valence-corrected chi connectivity index (χ4v) is 2.96. The Kier molecular flexibility index (Phi) is 6.25. The molecule has 136 valence electrons. The van der Waals surface area contributed by atoms with Gasteiger partial charge in [0.15, 0.2) is 11.5 Å². The number of nitrogens with zero attached hydrogens (tertiary/aromatic N) is 2. The molecule has 1 heterocycles. The lowest BCUT2D eigenvalue weighted by Crippen LogP contribution is -1.99. The molecule has 0 atom stereocenters. The molecule has 0 bridgehead atoms. The summed E-state index contributed by atoms with van der Waals surface area (Å²) in [7, 11) is 3.17. The van der Waals surface area contributed by atoms with Gasteiger partial charge in [-0.2, -0.15) is 0 Å². The zero-order valence-electron chi connectivity index (χ0n) is 14.3. The second-order valence-corrected chi connectivity index (χ2v) is 6.58. The summed E-state index contributed by atoms with van der Waals surface area (Å²) in [6, 6.07) is 12.7. The Labute approximate surface area is 160 Å². The van der Waals surface area contributed by atoms with E-state index in [1.807, 2.05) is 18.2 Å². The first-order valence-corrected chi connectivity index (χ1v) is 9.13. The molecule has 0 aliphatic carbocycles. The fraction of sp³-hybridized carbons (Fsp3) is 0.222. The third kappa shape index (κ3) is 4.62. The summed E-state index contributed by atoms with van der Waals surface area (Å²) in [5.74, 6) is 3.06. The molecule has 3 aromatic rings. The van der Waals surface area contributed by atoms with E-state index in [4.69, 9.17) is 30.2 Å². The van der Waals surface area contributed by atoms with Crippen LogP contribution >= 0.6 is 23.4 Å². The molecule has 3 rings (SSSR count). The number of methoxy groups -OCH3 is 2. The summed E-state index contributed by atoms with van der Waals surface area (Å²) in [6.45, 7) is 0.499. The number of halogens is 1. The monoisotopic (exact) mass is 392 g/mol. The lowest BCUT2D eigenvalue weighted by molar-refractivity contribution is 0.343. The van der Waals surface area contributed by atoms with E-state index in [1.165, 1.54) is 11.8 Å².